The van der Waals surface area contributed by atoms with E-state index in [9.17, 15) is 14.7 Å². The second-order valence-corrected chi connectivity index (χ2v) is 8.36. The quantitative estimate of drug-likeness (QED) is 0.647. The highest BCUT2D eigenvalue weighted by molar-refractivity contribution is 5.72. The summed E-state index contributed by atoms with van der Waals surface area (Å²) in [5.74, 6) is -1.92. The van der Waals surface area contributed by atoms with E-state index in [0.717, 1.165) is 0 Å². The lowest BCUT2D eigenvalue weighted by Gasteiger charge is -2.37. The van der Waals surface area contributed by atoms with Gasteiger partial charge in [0.2, 0.25) is 0 Å². The number of amides is 1. The fraction of sp³-hybridized carbons (Fsp3) is 0.789. The van der Waals surface area contributed by atoms with Crippen LogP contribution in [-0.2, 0) is 28.5 Å². The second kappa shape index (κ2) is 8.36. The number of rotatable bonds is 7. The molecule has 1 N–H and O–H groups in total. The summed E-state index contributed by atoms with van der Waals surface area (Å²) in [6, 6.07) is -0.865. The predicted octanol–water partition coefficient (Wildman–Crippen LogP) is 2.14. The van der Waals surface area contributed by atoms with Gasteiger partial charge in [-0.2, -0.15) is 0 Å². The third-order valence-electron chi connectivity index (χ3n) is 4.42. The third-order valence-corrected chi connectivity index (χ3v) is 4.42. The normalized spacial score (nSPS) is 29.8. The van der Waals surface area contributed by atoms with E-state index in [1.165, 1.54) is 18.1 Å². The smallest absolute Gasteiger partial charge is 0.410 e. The molecular weight excluding hydrogens is 370 g/mol. The summed E-state index contributed by atoms with van der Waals surface area (Å²) in [5.41, 5.74) is -0.742. The van der Waals surface area contributed by atoms with Crippen molar-refractivity contribution in [2.24, 2.45) is 0 Å². The Balaban J connectivity index is 2.31. The van der Waals surface area contributed by atoms with Crippen molar-refractivity contribution < 1.29 is 38.4 Å². The zero-order valence-corrected chi connectivity index (χ0v) is 17.3. The molecule has 2 aliphatic rings. The lowest BCUT2D eigenvalue weighted by molar-refractivity contribution is -0.223. The predicted molar refractivity (Wildman–Crippen MR) is 98.7 cm³/mol. The summed E-state index contributed by atoms with van der Waals surface area (Å²) in [4.78, 5) is 25.6. The van der Waals surface area contributed by atoms with Crippen molar-refractivity contribution in [1.29, 1.82) is 0 Å². The van der Waals surface area contributed by atoms with Crippen LogP contribution in [0.25, 0.3) is 0 Å². The van der Waals surface area contributed by atoms with Crippen LogP contribution in [0.4, 0.5) is 4.79 Å². The van der Waals surface area contributed by atoms with Crippen LogP contribution in [-0.4, -0.2) is 77.8 Å². The van der Waals surface area contributed by atoms with E-state index in [1.54, 1.807) is 34.6 Å². The van der Waals surface area contributed by atoms with Crippen LogP contribution in [0.5, 0.6) is 0 Å². The summed E-state index contributed by atoms with van der Waals surface area (Å²) in [6.07, 6.45) is -2.16. The molecule has 0 radical (unpaired) electrons. The average Bonchev–Trinajstić information content (AvgIpc) is 2.99. The fourth-order valence-corrected chi connectivity index (χ4v) is 3.47. The second-order valence-electron chi connectivity index (χ2n) is 8.36. The summed E-state index contributed by atoms with van der Waals surface area (Å²) >= 11 is 0. The topological polar surface area (TPSA) is 104 Å². The van der Waals surface area contributed by atoms with Crippen LogP contribution in [0, 0.1) is 0 Å². The molecule has 0 unspecified atom stereocenters. The van der Waals surface area contributed by atoms with E-state index in [0.29, 0.717) is 0 Å². The van der Waals surface area contributed by atoms with Crippen molar-refractivity contribution in [2.45, 2.75) is 83.1 Å². The van der Waals surface area contributed by atoms with Crippen molar-refractivity contribution in [3.8, 4) is 0 Å². The highest BCUT2D eigenvalue weighted by Crippen LogP contribution is 2.40. The van der Waals surface area contributed by atoms with Crippen LogP contribution in [0.3, 0.4) is 0 Å². The minimum Gasteiger partial charge on any atom is -0.481 e. The molecule has 9 heteroatoms. The van der Waals surface area contributed by atoms with Gasteiger partial charge in [0.05, 0.1) is 12.5 Å². The number of carboxylic acid groups (broad SMARTS) is 1. The van der Waals surface area contributed by atoms with E-state index in [-0.39, 0.29) is 13.0 Å². The number of aliphatic carboxylic acids is 1. The third kappa shape index (κ3) is 5.22. The minimum atomic E-state index is -1.08. The number of carbonyl (C=O) groups is 2. The Kier molecular flexibility index (Phi) is 6.75. The Bertz CT molecular complexity index is 599. The van der Waals surface area contributed by atoms with E-state index in [2.05, 4.69) is 6.58 Å². The minimum absolute atomic E-state index is 0.0890. The molecule has 2 aliphatic heterocycles. The number of carbonyl (C=O) groups excluding carboxylic acids is 1. The Labute approximate surface area is 165 Å². The molecule has 2 heterocycles. The molecule has 5 atom stereocenters. The van der Waals surface area contributed by atoms with Crippen molar-refractivity contribution in [3.05, 3.63) is 12.7 Å². The molecule has 28 heavy (non-hydrogen) atoms. The maximum Gasteiger partial charge on any atom is 0.410 e. The first kappa shape index (κ1) is 22.6. The lowest BCUT2D eigenvalue weighted by atomic mass is 9.99. The van der Waals surface area contributed by atoms with Gasteiger partial charge in [-0.1, -0.05) is 6.08 Å². The number of hydrogen-bond donors (Lipinski definition) is 1. The molecule has 160 valence electrons. The lowest BCUT2D eigenvalue weighted by Crippen LogP contribution is -2.54. The Hall–Kier alpha value is -1.68. The van der Waals surface area contributed by atoms with Gasteiger partial charge in [0.1, 0.15) is 23.9 Å². The summed E-state index contributed by atoms with van der Waals surface area (Å²) < 4.78 is 28.6. The van der Waals surface area contributed by atoms with E-state index in [1.807, 2.05) is 0 Å². The number of carboxylic acids is 1. The number of hydrogen-bond acceptors (Lipinski definition) is 7. The SMILES string of the molecule is C=CCN(C(=O)OC(C)(C)C)[C@@H](CC(=O)O)[C@H]1O[C@@H]2OC(C)(C)O[C@@H]2[C@H]1OC. The van der Waals surface area contributed by atoms with Gasteiger partial charge >= 0.3 is 12.1 Å². The van der Waals surface area contributed by atoms with Gasteiger partial charge < -0.3 is 28.8 Å². The van der Waals surface area contributed by atoms with Gasteiger partial charge in [-0.25, -0.2) is 4.79 Å². The molecule has 2 fully saturated rings. The molecule has 0 aromatic rings. The largest absolute Gasteiger partial charge is 0.481 e. The highest BCUT2D eigenvalue weighted by atomic mass is 16.8. The fourth-order valence-electron chi connectivity index (χ4n) is 3.47. The maximum atomic E-state index is 12.8. The van der Waals surface area contributed by atoms with Crippen LogP contribution in [0.1, 0.15) is 41.0 Å². The van der Waals surface area contributed by atoms with Gasteiger partial charge in [0.15, 0.2) is 12.1 Å². The molecule has 2 rings (SSSR count). The van der Waals surface area contributed by atoms with Gasteiger partial charge in [0, 0.05) is 13.7 Å². The number of nitrogens with zero attached hydrogens (tertiary/aromatic N) is 1. The Morgan fingerprint density at radius 2 is 1.96 bits per heavy atom. The molecule has 0 aliphatic carbocycles. The number of methoxy groups -OCH3 is 1. The van der Waals surface area contributed by atoms with E-state index < -0.39 is 54.1 Å². The summed E-state index contributed by atoms with van der Waals surface area (Å²) in [7, 11) is 1.49. The van der Waals surface area contributed by atoms with Gasteiger partial charge in [0.25, 0.3) is 0 Å². The van der Waals surface area contributed by atoms with E-state index >= 15 is 0 Å². The van der Waals surface area contributed by atoms with Crippen LogP contribution < -0.4 is 0 Å². The summed E-state index contributed by atoms with van der Waals surface area (Å²) in [6.45, 7) is 12.5. The van der Waals surface area contributed by atoms with Gasteiger partial charge in [-0.3, -0.25) is 9.69 Å². The first-order valence-electron chi connectivity index (χ1n) is 9.24. The zero-order chi connectivity index (χ0) is 21.3. The molecule has 9 nitrogen and oxygen atoms in total. The average molecular weight is 401 g/mol. The Morgan fingerprint density at radius 1 is 1.32 bits per heavy atom. The van der Waals surface area contributed by atoms with Gasteiger partial charge in [-0.05, 0) is 34.6 Å². The van der Waals surface area contributed by atoms with Crippen molar-refractivity contribution in [2.75, 3.05) is 13.7 Å². The molecule has 0 aromatic carbocycles. The van der Waals surface area contributed by atoms with E-state index in [4.69, 9.17) is 23.7 Å². The number of ether oxygens (including phenoxy) is 5. The Morgan fingerprint density at radius 3 is 2.46 bits per heavy atom. The molecule has 0 spiro atoms. The van der Waals surface area contributed by atoms with Crippen molar-refractivity contribution in [3.63, 3.8) is 0 Å². The van der Waals surface area contributed by atoms with Crippen molar-refractivity contribution >= 4 is 12.1 Å². The van der Waals surface area contributed by atoms with Crippen LogP contribution in [0.15, 0.2) is 12.7 Å². The highest BCUT2D eigenvalue weighted by Gasteiger charge is 2.58. The van der Waals surface area contributed by atoms with Crippen LogP contribution in [0.2, 0.25) is 0 Å². The first-order valence-corrected chi connectivity index (χ1v) is 9.24. The van der Waals surface area contributed by atoms with Gasteiger partial charge in [-0.15, -0.1) is 6.58 Å². The van der Waals surface area contributed by atoms with Crippen molar-refractivity contribution in [1.82, 2.24) is 4.90 Å². The monoisotopic (exact) mass is 401 g/mol. The standard InChI is InChI=1S/C19H31NO8/c1-8-9-20(17(23)28-18(2,3)4)11(10-12(21)22)13-14(24-7)15-16(25-13)27-19(5,6)26-15/h8,11,13-16H,1,9-10H2,2-7H3,(H,21,22)/t11-,13+,14-,15+,16+/m0/s1. The molecule has 1 amide bonds. The molecule has 0 saturated carbocycles. The number of fused-ring (bicyclic) bond motifs is 1. The first-order chi connectivity index (χ1) is 12.9. The summed E-state index contributed by atoms with van der Waals surface area (Å²) in [5, 5.41) is 9.46. The zero-order valence-electron chi connectivity index (χ0n) is 17.3. The molecule has 2 saturated heterocycles. The molecular formula is C19H31NO8. The molecule has 0 aromatic heterocycles. The maximum absolute atomic E-state index is 12.8. The molecule has 0 bridgehead atoms. The van der Waals surface area contributed by atoms with Crippen LogP contribution >= 0.6 is 0 Å².